The Morgan fingerprint density at radius 2 is 2.23 bits per heavy atom. The lowest BCUT2D eigenvalue weighted by Gasteiger charge is -2.06. The molecule has 0 amide bonds. The Hall–Kier alpha value is -0.870. The molecule has 0 aliphatic carbocycles. The second-order valence-electron chi connectivity index (χ2n) is 2.72. The second-order valence-corrected chi connectivity index (χ2v) is 4.09. The third kappa shape index (κ3) is 2.29. The molecule has 0 aliphatic heterocycles. The molecule has 1 atom stereocenters. The van der Waals surface area contributed by atoms with E-state index < -0.39 is 10.8 Å². The molecule has 1 aromatic rings. The summed E-state index contributed by atoms with van der Waals surface area (Å²) in [5.41, 5.74) is 7.22. The molecule has 0 spiro atoms. The summed E-state index contributed by atoms with van der Waals surface area (Å²) in [6, 6.07) is 5.40. The summed E-state index contributed by atoms with van der Waals surface area (Å²) < 4.78 is 16.4. The zero-order chi connectivity index (χ0) is 9.84. The van der Waals surface area contributed by atoms with Gasteiger partial charge in [0.2, 0.25) is 0 Å². The van der Waals surface area contributed by atoms with Crippen LogP contribution in [-0.2, 0) is 15.5 Å². The molecule has 0 radical (unpaired) electrons. The van der Waals surface area contributed by atoms with E-state index in [4.69, 9.17) is 10.5 Å². The largest absolute Gasteiger partial charge is 0.398 e. The lowest BCUT2D eigenvalue weighted by molar-refractivity contribution is 0.254. The molecule has 0 aliphatic rings. The molecule has 4 heteroatoms. The number of rotatable bonds is 3. The molecule has 1 unspecified atom stereocenters. The molecule has 0 bridgehead atoms. The third-order valence-corrected chi connectivity index (χ3v) is 3.18. The van der Waals surface area contributed by atoms with Gasteiger partial charge in [-0.15, -0.1) is 0 Å². The molecule has 13 heavy (non-hydrogen) atoms. The number of anilines is 1. The summed E-state index contributed by atoms with van der Waals surface area (Å²) in [6.07, 6.45) is 0. The van der Waals surface area contributed by atoms with Crippen molar-refractivity contribution in [3.8, 4) is 0 Å². The predicted molar refractivity (Wildman–Crippen MR) is 53.9 cm³/mol. The number of ether oxygens (including phenoxy) is 1. The Morgan fingerprint density at radius 1 is 1.54 bits per heavy atom. The van der Waals surface area contributed by atoms with Crippen LogP contribution in [0.25, 0.3) is 0 Å². The van der Waals surface area contributed by atoms with Gasteiger partial charge in [0.25, 0.3) is 0 Å². The first-order valence-corrected chi connectivity index (χ1v) is 5.21. The smallest absolute Gasteiger partial charge is 0.126 e. The van der Waals surface area contributed by atoms with Crippen LogP contribution in [0.4, 0.5) is 5.69 Å². The Morgan fingerprint density at radius 3 is 2.85 bits per heavy atom. The van der Waals surface area contributed by atoms with Gasteiger partial charge in [0.05, 0.1) is 10.8 Å². The average Bonchev–Trinajstić information content (AvgIpc) is 2.10. The molecule has 0 saturated heterocycles. The number of hydrogen-bond acceptors (Lipinski definition) is 3. The van der Waals surface area contributed by atoms with Crippen LogP contribution in [0.2, 0.25) is 0 Å². The van der Waals surface area contributed by atoms with Crippen molar-refractivity contribution in [2.24, 2.45) is 0 Å². The molecule has 1 aromatic carbocycles. The minimum atomic E-state index is -1.11. The van der Waals surface area contributed by atoms with Crippen LogP contribution in [0.3, 0.4) is 0 Å². The summed E-state index contributed by atoms with van der Waals surface area (Å²) >= 11 is 0. The molecule has 0 heterocycles. The highest BCUT2D eigenvalue weighted by Crippen LogP contribution is 2.18. The van der Waals surface area contributed by atoms with Gasteiger partial charge in [-0.2, -0.15) is 0 Å². The van der Waals surface area contributed by atoms with Crippen molar-refractivity contribution in [3.63, 3.8) is 0 Å². The van der Waals surface area contributed by atoms with Crippen molar-refractivity contribution in [1.29, 1.82) is 0 Å². The average molecular weight is 199 g/mol. The Labute approximate surface area is 80.4 Å². The Balaban J connectivity index is 3.01. The summed E-state index contributed by atoms with van der Waals surface area (Å²) in [6.45, 7) is 1.86. The van der Waals surface area contributed by atoms with Crippen molar-refractivity contribution in [2.45, 2.75) is 11.8 Å². The first kappa shape index (κ1) is 10.2. The summed E-state index contributed by atoms with van der Waals surface area (Å²) in [7, 11) is 0.420. The molecule has 0 fully saturated rings. The third-order valence-electron chi connectivity index (χ3n) is 1.80. The first-order chi connectivity index (χ1) is 6.16. The SMILES string of the molecule is COCS(=O)c1cccc(N)c1C. The van der Waals surface area contributed by atoms with Crippen LogP contribution in [0, 0.1) is 6.92 Å². The van der Waals surface area contributed by atoms with Crippen LogP contribution in [0.1, 0.15) is 5.56 Å². The van der Waals surface area contributed by atoms with E-state index in [1.165, 1.54) is 7.11 Å². The van der Waals surface area contributed by atoms with Crippen LogP contribution >= 0.6 is 0 Å². The Kier molecular flexibility index (Phi) is 3.45. The number of nitrogens with two attached hydrogens (primary N) is 1. The van der Waals surface area contributed by atoms with Crippen molar-refractivity contribution in [2.75, 3.05) is 18.8 Å². The number of methoxy groups -OCH3 is 1. The molecule has 2 N–H and O–H groups in total. The van der Waals surface area contributed by atoms with E-state index in [-0.39, 0.29) is 5.94 Å². The van der Waals surface area contributed by atoms with Crippen LogP contribution in [-0.4, -0.2) is 17.3 Å². The van der Waals surface area contributed by atoms with Gasteiger partial charge in [-0.3, -0.25) is 4.21 Å². The lowest BCUT2D eigenvalue weighted by Crippen LogP contribution is -2.03. The fourth-order valence-corrected chi connectivity index (χ4v) is 2.08. The molecular formula is C9H13NO2S. The van der Waals surface area contributed by atoms with Gasteiger partial charge in [-0.05, 0) is 24.6 Å². The number of hydrogen-bond donors (Lipinski definition) is 1. The van der Waals surface area contributed by atoms with Gasteiger partial charge in [-0.1, -0.05) is 6.07 Å². The quantitative estimate of drug-likeness (QED) is 0.746. The summed E-state index contributed by atoms with van der Waals surface area (Å²) in [4.78, 5) is 0.752. The highest BCUT2D eigenvalue weighted by Gasteiger charge is 2.07. The van der Waals surface area contributed by atoms with Crippen LogP contribution in [0.5, 0.6) is 0 Å². The van der Waals surface area contributed by atoms with Crippen molar-refractivity contribution < 1.29 is 8.95 Å². The van der Waals surface area contributed by atoms with Crippen molar-refractivity contribution in [1.82, 2.24) is 0 Å². The fraction of sp³-hybridized carbons (Fsp3) is 0.333. The maximum atomic E-state index is 11.5. The van der Waals surface area contributed by atoms with Gasteiger partial charge < -0.3 is 10.5 Å². The maximum absolute atomic E-state index is 11.5. The van der Waals surface area contributed by atoms with E-state index >= 15 is 0 Å². The normalized spacial score (nSPS) is 12.8. The predicted octanol–water partition coefficient (Wildman–Crippen LogP) is 1.29. The van der Waals surface area contributed by atoms with Crippen LogP contribution in [0.15, 0.2) is 23.1 Å². The van der Waals surface area contributed by atoms with Gasteiger partial charge in [0.15, 0.2) is 0 Å². The highest BCUT2D eigenvalue weighted by atomic mass is 32.2. The van der Waals surface area contributed by atoms with Crippen LogP contribution < -0.4 is 5.73 Å². The van der Waals surface area contributed by atoms with E-state index in [1.807, 2.05) is 6.92 Å². The Bertz CT molecular complexity index is 325. The zero-order valence-electron chi connectivity index (χ0n) is 7.74. The van der Waals surface area contributed by atoms with Crippen molar-refractivity contribution >= 4 is 16.5 Å². The van der Waals surface area contributed by atoms with E-state index in [0.717, 1.165) is 10.5 Å². The number of benzene rings is 1. The monoisotopic (exact) mass is 199 g/mol. The minimum Gasteiger partial charge on any atom is -0.398 e. The molecule has 3 nitrogen and oxygen atoms in total. The molecule has 1 rings (SSSR count). The van der Waals surface area contributed by atoms with Gasteiger partial charge >= 0.3 is 0 Å². The second kappa shape index (κ2) is 4.39. The molecule has 0 saturated carbocycles. The van der Waals surface area contributed by atoms with Gasteiger partial charge in [-0.25, -0.2) is 0 Å². The fourth-order valence-electron chi connectivity index (χ4n) is 1.05. The highest BCUT2D eigenvalue weighted by molar-refractivity contribution is 7.84. The first-order valence-electron chi connectivity index (χ1n) is 3.89. The van der Waals surface area contributed by atoms with Gasteiger partial charge in [0, 0.05) is 17.7 Å². The van der Waals surface area contributed by atoms with E-state index in [2.05, 4.69) is 0 Å². The number of nitrogen functional groups attached to an aromatic ring is 1. The zero-order valence-corrected chi connectivity index (χ0v) is 8.56. The van der Waals surface area contributed by atoms with Crippen molar-refractivity contribution in [3.05, 3.63) is 23.8 Å². The van der Waals surface area contributed by atoms with Gasteiger partial charge in [0.1, 0.15) is 5.94 Å². The maximum Gasteiger partial charge on any atom is 0.126 e. The van der Waals surface area contributed by atoms with E-state index in [9.17, 15) is 4.21 Å². The van der Waals surface area contributed by atoms with E-state index in [1.54, 1.807) is 18.2 Å². The summed E-state index contributed by atoms with van der Waals surface area (Å²) in [5.74, 6) is 0.213. The van der Waals surface area contributed by atoms with E-state index in [0.29, 0.717) is 5.69 Å². The lowest BCUT2D eigenvalue weighted by atomic mass is 10.2. The summed E-state index contributed by atoms with van der Waals surface area (Å²) in [5, 5.41) is 0. The molecule has 0 aromatic heterocycles. The molecule has 72 valence electrons. The minimum absolute atomic E-state index is 0.213. The topological polar surface area (TPSA) is 52.3 Å². The standard InChI is InChI=1S/C9H13NO2S/c1-7-8(10)4-3-5-9(7)13(11)6-12-2/h3-5H,6,10H2,1-2H3. The molecular weight excluding hydrogens is 186 g/mol.